The largest absolute Gasteiger partial charge is 0.490 e. The van der Waals surface area contributed by atoms with Crippen molar-refractivity contribution in [3.05, 3.63) is 88.2 Å². The van der Waals surface area contributed by atoms with Gasteiger partial charge in [-0.3, -0.25) is 19.0 Å². The van der Waals surface area contributed by atoms with Crippen molar-refractivity contribution < 1.29 is 23.3 Å². The third-order valence-electron chi connectivity index (χ3n) is 11.0. The van der Waals surface area contributed by atoms with Crippen LogP contribution in [0, 0.1) is 18.8 Å². The van der Waals surface area contributed by atoms with Crippen LogP contribution in [0.2, 0.25) is 5.02 Å². The van der Waals surface area contributed by atoms with Gasteiger partial charge < -0.3 is 14.4 Å². The summed E-state index contributed by atoms with van der Waals surface area (Å²) in [5, 5.41) is 4.97. The minimum atomic E-state index is -3.42. The lowest BCUT2D eigenvalue weighted by Crippen LogP contribution is -2.49. The quantitative estimate of drug-likeness (QED) is 0.302. The fourth-order valence-electron chi connectivity index (χ4n) is 8.18. The molecule has 5 atom stereocenters. The third kappa shape index (κ3) is 7.22. The van der Waals surface area contributed by atoms with Crippen LogP contribution in [0.4, 0.5) is 5.69 Å². The van der Waals surface area contributed by atoms with E-state index < -0.39 is 21.7 Å². The van der Waals surface area contributed by atoms with Crippen molar-refractivity contribution in [2.24, 2.45) is 16.2 Å². The number of aromatic nitrogens is 2. The van der Waals surface area contributed by atoms with Gasteiger partial charge in [-0.1, -0.05) is 29.8 Å². The van der Waals surface area contributed by atoms with Crippen LogP contribution >= 0.6 is 11.6 Å². The Balaban J connectivity index is 1.24. The number of nitrogens with zero attached hydrogens (tertiary/aromatic N) is 4. The van der Waals surface area contributed by atoms with Crippen LogP contribution in [-0.4, -0.2) is 64.5 Å². The molecule has 12 heteroatoms. The average molecular weight is 720 g/mol. The van der Waals surface area contributed by atoms with Gasteiger partial charge in [0.25, 0.3) is 5.91 Å². The highest BCUT2D eigenvalue weighted by molar-refractivity contribution is 7.92. The van der Waals surface area contributed by atoms with Crippen molar-refractivity contribution in [1.82, 2.24) is 14.5 Å². The van der Waals surface area contributed by atoms with Gasteiger partial charge in [-0.2, -0.15) is 5.10 Å². The molecule has 0 radical (unpaired) electrons. The maximum absolute atomic E-state index is 14.2. The minimum Gasteiger partial charge on any atom is -0.490 e. The van der Waals surface area contributed by atoms with Gasteiger partial charge in [0.05, 0.1) is 24.2 Å². The van der Waals surface area contributed by atoms with Crippen molar-refractivity contribution in [2.45, 2.75) is 76.4 Å². The molecular weight excluding hydrogens is 674 g/mol. The molecule has 2 aliphatic carbocycles. The number of amides is 2. The van der Waals surface area contributed by atoms with Crippen molar-refractivity contribution in [1.29, 1.82) is 0 Å². The summed E-state index contributed by atoms with van der Waals surface area (Å²) in [5.74, 6) is 0.446. The topological polar surface area (TPSA) is 115 Å². The zero-order valence-electron chi connectivity index (χ0n) is 28.8. The number of carbonyl (C=O) groups is 2. The summed E-state index contributed by atoms with van der Waals surface area (Å²) in [6.45, 7) is 4.26. The molecule has 266 valence electrons. The van der Waals surface area contributed by atoms with Crippen molar-refractivity contribution >= 4 is 39.0 Å². The van der Waals surface area contributed by atoms with Gasteiger partial charge in [0, 0.05) is 61.1 Å². The van der Waals surface area contributed by atoms with Gasteiger partial charge in [0.2, 0.25) is 5.91 Å². The summed E-state index contributed by atoms with van der Waals surface area (Å²) in [5.41, 5.74) is 4.36. The Labute approximate surface area is 299 Å². The van der Waals surface area contributed by atoms with Crippen molar-refractivity contribution in [3.8, 4) is 5.75 Å². The Hall–Kier alpha value is -3.67. The molecule has 10 nitrogen and oxygen atoms in total. The Morgan fingerprint density at radius 1 is 1.18 bits per heavy atom. The number of hydrogen-bond acceptors (Lipinski definition) is 7. The highest BCUT2D eigenvalue weighted by Crippen LogP contribution is 2.47. The van der Waals surface area contributed by atoms with Crippen LogP contribution in [0.5, 0.6) is 5.75 Å². The molecule has 2 bridgehead atoms. The molecular formula is C38H46ClN5O5S. The van der Waals surface area contributed by atoms with Crippen LogP contribution in [0.25, 0.3) is 0 Å². The van der Waals surface area contributed by atoms with Crippen LogP contribution in [0.3, 0.4) is 0 Å². The molecule has 1 aromatic heterocycles. The first-order valence-electron chi connectivity index (χ1n) is 17.7. The first kappa shape index (κ1) is 34.8. The van der Waals surface area contributed by atoms with Gasteiger partial charge in [0.15, 0.2) is 0 Å². The molecule has 1 fully saturated rings. The smallest absolute Gasteiger partial charge is 0.286 e. The standard InChI is InChI=1S/C38H46ClN5O5S/c1-26-15-18-40-44(26)19-16-36(45)41-50(47)20-5-3-4-8-34(48-2)31-12-9-29(31)23-43-24-38(17-6-7-27-21-30(39)11-13-32(27)38)25-49-35-14-10-28(22-33(35)43)37(46)42-50/h4,8,10-11,13-15,18,21-22,29,31,34H,3,5-7,9,12,16-17,19-20,23-25H2,1-2H3,(H,41,42,45,46,47)/b8-4+/t29-,31+,34-,38-,50+/m0/s1. The lowest BCUT2D eigenvalue weighted by Gasteiger charge is -2.46. The van der Waals surface area contributed by atoms with Crippen LogP contribution in [0.1, 0.15) is 72.1 Å². The average Bonchev–Trinajstić information content (AvgIpc) is 3.43. The lowest BCUT2D eigenvalue weighted by atomic mass is 9.68. The number of halogens is 1. The van der Waals surface area contributed by atoms with E-state index in [9.17, 15) is 13.8 Å². The second-order valence-corrected chi connectivity index (χ2v) is 16.8. The number of ether oxygens (including phenoxy) is 2. The van der Waals surface area contributed by atoms with E-state index >= 15 is 0 Å². The van der Waals surface area contributed by atoms with Gasteiger partial charge >= 0.3 is 0 Å². The molecule has 4 aliphatic rings. The zero-order valence-corrected chi connectivity index (χ0v) is 30.4. The molecule has 50 heavy (non-hydrogen) atoms. The number of aryl methyl sites for hydroxylation is 3. The number of nitrogens with one attached hydrogen (secondary N) is 1. The summed E-state index contributed by atoms with van der Waals surface area (Å²) in [7, 11) is -1.65. The normalized spacial score (nSPS) is 28.7. The van der Waals surface area contributed by atoms with Crippen molar-refractivity contribution in [3.63, 3.8) is 0 Å². The molecule has 2 aliphatic heterocycles. The number of anilines is 1. The van der Waals surface area contributed by atoms with E-state index in [1.807, 2.05) is 31.2 Å². The zero-order chi connectivity index (χ0) is 34.9. The molecule has 3 heterocycles. The van der Waals surface area contributed by atoms with Crippen LogP contribution in [-0.2, 0) is 37.8 Å². The van der Waals surface area contributed by atoms with E-state index in [1.165, 1.54) is 11.1 Å². The maximum Gasteiger partial charge on any atom is 0.286 e. The highest BCUT2D eigenvalue weighted by Gasteiger charge is 2.44. The number of hydrogen-bond donors (Lipinski definition) is 1. The summed E-state index contributed by atoms with van der Waals surface area (Å²) in [6, 6.07) is 13.5. The molecule has 1 spiro atoms. The monoisotopic (exact) mass is 719 g/mol. The van der Waals surface area contributed by atoms with E-state index in [1.54, 1.807) is 24.1 Å². The fourth-order valence-corrected chi connectivity index (χ4v) is 10.0. The van der Waals surface area contributed by atoms with E-state index in [4.69, 9.17) is 21.1 Å². The first-order chi connectivity index (χ1) is 24.1. The predicted molar refractivity (Wildman–Crippen MR) is 195 cm³/mol. The number of fused-ring (bicyclic) bond motifs is 4. The number of rotatable bonds is 5. The predicted octanol–water partition coefficient (Wildman–Crippen LogP) is 6.44. The number of allylic oxidation sites excluding steroid dienone is 1. The maximum atomic E-state index is 14.2. The van der Waals surface area contributed by atoms with Crippen LogP contribution in [0.15, 0.2) is 65.2 Å². The summed E-state index contributed by atoms with van der Waals surface area (Å²) in [4.78, 5) is 29.3. The minimum absolute atomic E-state index is 0.0386. The fraction of sp³-hybridized carbons (Fsp3) is 0.500. The van der Waals surface area contributed by atoms with E-state index in [2.05, 4.69) is 43.4 Å². The molecule has 7 rings (SSSR count). The first-order valence-corrected chi connectivity index (χ1v) is 19.8. The lowest BCUT2D eigenvalue weighted by molar-refractivity contribution is -0.119. The molecule has 0 unspecified atom stereocenters. The number of methoxy groups -OCH3 is 1. The second-order valence-electron chi connectivity index (χ2n) is 14.3. The van der Waals surface area contributed by atoms with Gasteiger partial charge in [0.1, 0.15) is 15.7 Å². The molecule has 2 amide bonds. The molecule has 1 saturated carbocycles. The summed E-state index contributed by atoms with van der Waals surface area (Å²) < 4.78 is 35.5. The van der Waals surface area contributed by atoms with E-state index in [0.717, 1.165) is 61.6 Å². The SMILES string of the molecule is CO[C@H]1/C=C/CCC[S@@](=O)(NC(=O)CCn2nccc2C)=NC(=O)c2ccc3c(c2)N(C[C@@H]2CC[C@H]21)C[C@@]1(CCCc2cc(Cl)ccc21)CO3. The summed E-state index contributed by atoms with van der Waals surface area (Å²) >= 11 is 6.45. The number of carbonyl (C=O) groups excluding carboxylic acids is 2. The molecule has 0 saturated heterocycles. The Kier molecular flexibility index (Phi) is 10.1. The highest BCUT2D eigenvalue weighted by atomic mass is 35.5. The van der Waals surface area contributed by atoms with E-state index in [-0.39, 0.29) is 23.7 Å². The second kappa shape index (κ2) is 14.5. The van der Waals surface area contributed by atoms with Gasteiger partial charge in [-0.15, -0.1) is 4.36 Å². The van der Waals surface area contributed by atoms with Gasteiger partial charge in [-0.25, -0.2) is 4.21 Å². The number of benzene rings is 2. The Bertz CT molecular complexity index is 1920. The molecule has 3 aromatic rings. The van der Waals surface area contributed by atoms with Crippen LogP contribution < -0.4 is 14.4 Å². The van der Waals surface area contributed by atoms with Gasteiger partial charge in [-0.05, 0) is 111 Å². The third-order valence-corrected chi connectivity index (χ3v) is 13.1. The Morgan fingerprint density at radius 3 is 2.84 bits per heavy atom. The van der Waals surface area contributed by atoms with Crippen molar-refractivity contribution in [2.75, 3.05) is 37.5 Å². The Morgan fingerprint density at radius 2 is 2.06 bits per heavy atom. The van der Waals surface area contributed by atoms with E-state index in [0.29, 0.717) is 49.1 Å². The molecule has 1 N–H and O–H groups in total. The molecule has 2 aromatic carbocycles. The summed E-state index contributed by atoms with van der Waals surface area (Å²) in [6.07, 6.45) is 12.2.